The minimum absolute atomic E-state index is 0.557. The van der Waals surface area contributed by atoms with E-state index < -0.39 is 0 Å². The van der Waals surface area contributed by atoms with Gasteiger partial charge in [-0.3, -0.25) is 9.69 Å². The van der Waals surface area contributed by atoms with E-state index in [0.717, 1.165) is 13.1 Å². The first kappa shape index (κ1) is 8.53. The summed E-state index contributed by atoms with van der Waals surface area (Å²) in [6, 6.07) is 0.557. The molecule has 0 spiro atoms. The lowest BCUT2D eigenvalue weighted by molar-refractivity contribution is 0.266. The third kappa shape index (κ3) is 2.19. The number of likely N-dealkylation sites (N-methyl/N-ethyl adjacent to an activating group) is 1. The van der Waals surface area contributed by atoms with Crippen LogP contribution in [0.1, 0.15) is 19.8 Å². The minimum Gasteiger partial charge on any atom is -0.346 e. The van der Waals surface area contributed by atoms with E-state index >= 15 is 0 Å². The van der Waals surface area contributed by atoms with Gasteiger partial charge in [-0.05, 0) is 25.9 Å². The highest BCUT2D eigenvalue weighted by Gasteiger charge is 2.21. The van der Waals surface area contributed by atoms with E-state index in [4.69, 9.17) is 0 Å². The predicted molar refractivity (Wildman–Crippen MR) is 44.0 cm³/mol. The molecule has 0 aliphatic carbocycles. The zero-order valence-corrected chi connectivity index (χ0v) is 6.97. The molecule has 1 aliphatic heterocycles. The van der Waals surface area contributed by atoms with E-state index in [-0.39, 0.29) is 0 Å². The largest absolute Gasteiger partial charge is 0.346 e. The van der Waals surface area contributed by atoms with Crippen molar-refractivity contribution in [3.8, 4) is 0 Å². The molecule has 0 bridgehead atoms. The molecule has 1 atom stereocenters. The van der Waals surface area contributed by atoms with Crippen LogP contribution in [0.5, 0.6) is 0 Å². The van der Waals surface area contributed by atoms with Crippen molar-refractivity contribution in [2.75, 3.05) is 19.6 Å². The normalized spacial score (nSPS) is 25.4. The van der Waals surface area contributed by atoms with E-state index in [1.807, 2.05) is 0 Å². The lowest BCUT2D eigenvalue weighted by Crippen LogP contribution is -2.37. The summed E-state index contributed by atoms with van der Waals surface area (Å²) in [6.45, 7) is 5.19. The second-order valence-corrected chi connectivity index (χ2v) is 2.91. The molecule has 1 amide bonds. The molecule has 1 saturated heterocycles. The zero-order chi connectivity index (χ0) is 8.10. The Labute approximate surface area is 67.8 Å². The van der Waals surface area contributed by atoms with E-state index in [1.54, 1.807) is 6.41 Å². The second-order valence-electron chi connectivity index (χ2n) is 2.91. The Hall–Kier alpha value is -0.570. The van der Waals surface area contributed by atoms with Crippen LogP contribution in [-0.4, -0.2) is 37.0 Å². The molecule has 1 N–H and O–H groups in total. The van der Waals surface area contributed by atoms with Crippen LogP contribution in [0, 0.1) is 0 Å². The van der Waals surface area contributed by atoms with Crippen molar-refractivity contribution in [2.24, 2.45) is 0 Å². The highest BCUT2D eigenvalue weighted by Crippen LogP contribution is 2.15. The Morgan fingerprint density at radius 3 is 3.18 bits per heavy atom. The van der Waals surface area contributed by atoms with Gasteiger partial charge in [0.05, 0.1) is 0 Å². The number of rotatable bonds is 4. The van der Waals surface area contributed by atoms with Crippen molar-refractivity contribution in [3.63, 3.8) is 0 Å². The van der Waals surface area contributed by atoms with Gasteiger partial charge in [-0.25, -0.2) is 0 Å². The molecule has 0 saturated carbocycles. The molecule has 1 fully saturated rings. The van der Waals surface area contributed by atoms with Crippen LogP contribution in [0.3, 0.4) is 0 Å². The summed E-state index contributed by atoms with van der Waals surface area (Å²) in [5, 5.41) is 2.61. The summed E-state index contributed by atoms with van der Waals surface area (Å²) in [6.07, 6.45) is 4.19. The van der Waals surface area contributed by atoms with Crippen LogP contribution < -0.4 is 5.32 Å². The molecule has 3 heteroatoms. The topological polar surface area (TPSA) is 32.3 Å². The summed E-state index contributed by atoms with van der Waals surface area (Å²) in [4.78, 5) is 12.3. The summed E-state index contributed by atoms with van der Waals surface area (Å²) in [7, 11) is 0. The molecule has 1 rings (SSSR count). The van der Waals surface area contributed by atoms with Crippen LogP contribution in [0.15, 0.2) is 0 Å². The standard InChI is InChI=1S/C8H15N2O/c1-2-10-5-3-4-8(10)6-9-7-11/h8H,2-6H2,1H3,(H,9,11). The monoisotopic (exact) mass is 155 g/mol. The SMILES string of the molecule is CCN1CCCC1CN[C]=O. The smallest absolute Gasteiger partial charge is 0.309 e. The van der Waals surface area contributed by atoms with Gasteiger partial charge in [0.15, 0.2) is 0 Å². The van der Waals surface area contributed by atoms with Gasteiger partial charge in [0.25, 0.3) is 0 Å². The highest BCUT2D eigenvalue weighted by molar-refractivity contribution is 5.47. The van der Waals surface area contributed by atoms with Gasteiger partial charge in [-0.15, -0.1) is 0 Å². The Balaban J connectivity index is 2.25. The van der Waals surface area contributed by atoms with Gasteiger partial charge in [0.2, 0.25) is 0 Å². The number of nitrogens with zero attached hydrogens (tertiary/aromatic N) is 1. The van der Waals surface area contributed by atoms with Crippen LogP contribution in [-0.2, 0) is 4.79 Å². The fourth-order valence-corrected chi connectivity index (χ4v) is 1.70. The first-order valence-electron chi connectivity index (χ1n) is 4.22. The van der Waals surface area contributed by atoms with Crippen molar-refractivity contribution in [2.45, 2.75) is 25.8 Å². The van der Waals surface area contributed by atoms with Crippen LogP contribution in [0.2, 0.25) is 0 Å². The molecule has 63 valence electrons. The molecule has 1 heterocycles. The summed E-state index contributed by atoms with van der Waals surface area (Å²) < 4.78 is 0. The molecule has 1 aliphatic rings. The maximum Gasteiger partial charge on any atom is 0.309 e. The quantitative estimate of drug-likeness (QED) is 0.585. The van der Waals surface area contributed by atoms with Crippen molar-refractivity contribution >= 4 is 6.41 Å². The molecule has 11 heavy (non-hydrogen) atoms. The molecule has 0 aromatic carbocycles. The van der Waals surface area contributed by atoms with Crippen LogP contribution >= 0.6 is 0 Å². The Kier molecular flexibility index (Phi) is 3.36. The maximum absolute atomic E-state index is 9.90. The van der Waals surface area contributed by atoms with Gasteiger partial charge in [0.1, 0.15) is 0 Å². The minimum atomic E-state index is 0.557. The number of hydrogen-bond acceptors (Lipinski definition) is 2. The lowest BCUT2D eigenvalue weighted by atomic mass is 10.2. The van der Waals surface area contributed by atoms with Crippen LogP contribution in [0.4, 0.5) is 0 Å². The first-order valence-corrected chi connectivity index (χ1v) is 4.22. The number of amides is 1. The number of carbonyl (C=O) groups excluding carboxylic acids is 1. The first-order chi connectivity index (χ1) is 5.38. The van der Waals surface area contributed by atoms with Gasteiger partial charge in [-0.2, -0.15) is 0 Å². The highest BCUT2D eigenvalue weighted by atomic mass is 16.1. The van der Waals surface area contributed by atoms with Crippen molar-refractivity contribution < 1.29 is 4.79 Å². The number of hydrogen-bond donors (Lipinski definition) is 1. The van der Waals surface area contributed by atoms with Crippen LogP contribution in [0.25, 0.3) is 0 Å². The second kappa shape index (κ2) is 4.34. The molecular weight excluding hydrogens is 140 g/mol. The molecule has 0 aromatic heterocycles. The third-order valence-electron chi connectivity index (χ3n) is 2.32. The van der Waals surface area contributed by atoms with Gasteiger partial charge < -0.3 is 5.32 Å². The van der Waals surface area contributed by atoms with E-state index in [2.05, 4.69) is 17.1 Å². The fraction of sp³-hybridized carbons (Fsp3) is 0.875. The fourth-order valence-electron chi connectivity index (χ4n) is 1.70. The third-order valence-corrected chi connectivity index (χ3v) is 2.32. The zero-order valence-electron chi connectivity index (χ0n) is 6.97. The molecule has 1 radical (unpaired) electrons. The van der Waals surface area contributed by atoms with Gasteiger partial charge in [0, 0.05) is 12.6 Å². The van der Waals surface area contributed by atoms with Crippen molar-refractivity contribution in [1.82, 2.24) is 10.2 Å². The number of likely N-dealkylation sites (tertiary alicyclic amines) is 1. The summed E-state index contributed by atoms with van der Waals surface area (Å²) >= 11 is 0. The lowest BCUT2D eigenvalue weighted by Gasteiger charge is -2.21. The van der Waals surface area contributed by atoms with Gasteiger partial charge in [-0.1, -0.05) is 6.92 Å². The van der Waals surface area contributed by atoms with E-state index in [9.17, 15) is 4.79 Å². The van der Waals surface area contributed by atoms with E-state index in [0.29, 0.717) is 6.04 Å². The molecule has 0 aromatic rings. The molecule has 3 nitrogen and oxygen atoms in total. The average Bonchev–Trinajstić information content (AvgIpc) is 2.47. The average molecular weight is 155 g/mol. The van der Waals surface area contributed by atoms with Gasteiger partial charge >= 0.3 is 6.41 Å². The van der Waals surface area contributed by atoms with E-state index in [1.165, 1.54) is 19.4 Å². The predicted octanol–water partition coefficient (Wildman–Crippen LogP) is 0.128. The Morgan fingerprint density at radius 2 is 2.55 bits per heavy atom. The number of nitrogens with one attached hydrogen (secondary N) is 1. The summed E-state index contributed by atoms with van der Waals surface area (Å²) in [5.41, 5.74) is 0. The Morgan fingerprint density at radius 1 is 1.73 bits per heavy atom. The summed E-state index contributed by atoms with van der Waals surface area (Å²) in [5.74, 6) is 0. The van der Waals surface area contributed by atoms with Crippen molar-refractivity contribution in [1.29, 1.82) is 0 Å². The maximum atomic E-state index is 9.90. The molecule has 1 unspecified atom stereocenters. The van der Waals surface area contributed by atoms with Crippen molar-refractivity contribution in [3.05, 3.63) is 0 Å². The molecular formula is C8H15N2O. The Bertz CT molecular complexity index is 127.